The molecule has 1 rings (SSSR count). The highest BCUT2D eigenvalue weighted by Gasteiger charge is 2.31. The molecule has 26 heavy (non-hydrogen) atoms. The smallest absolute Gasteiger partial charge is 0.416 e. The second-order valence-electron chi connectivity index (χ2n) is 5.54. The summed E-state index contributed by atoms with van der Waals surface area (Å²) < 4.78 is 42.2. The first-order valence-electron chi connectivity index (χ1n) is 7.85. The first-order valence-corrected chi connectivity index (χ1v) is 7.85. The predicted octanol–water partition coefficient (Wildman–Crippen LogP) is 2.16. The number of esters is 1. The Morgan fingerprint density at radius 3 is 2.23 bits per heavy atom. The average Bonchev–Trinajstić information content (AvgIpc) is 2.62. The van der Waals surface area contributed by atoms with Gasteiger partial charge in [0.2, 0.25) is 0 Å². The Kier molecular flexibility index (Phi) is 7.76. The van der Waals surface area contributed by atoms with Crippen molar-refractivity contribution in [2.45, 2.75) is 44.5 Å². The minimum Gasteiger partial charge on any atom is -0.467 e. The molecular formula is C17H20F3NO5. The quantitative estimate of drug-likeness (QED) is 0.680. The molecule has 0 bridgehead atoms. The number of methoxy groups -OCH3 is 1. The second-order valence-corrected chi connectivity index (χ2v) is 5.54. The minimum absolute atomic E-state index is 0.00911. The molecule has 0 saturated heterocycles. The minimum atomic E-state index is -4.53. The average molecular weight is 375 g/mol. The number of amides is 1. The predicted molar refractivity (Wildman–Crippen MR) is 84.9 cm³/mol. The zero-order chi connectivity index (χ0) is 19.9. The number of aliphatic hydroxyl groups excluding tert-OH is 1. The lowest BCUT2D eigenvalue weighted by molar-refractivity contribution is -0.146. The van der Waals surface area contributed by atoms with Crippen LogP contribution in [0.15, 0.2) is 24.3 Å². The van der Waals surface area contributed by atoms with E-state index in [1.165, 1.54) is 0 Å². The van der Waals surface area contributed by atoms with Gasteiger partial charge in [-0.15, -0.1) is 0 Å². The van der Waals surface area contributed by atoms with E-state index in [2.05, 4.69) is 10.1 Å². The number of nitrogens with one attached hydrogen (secondary N) is 1. The van der Waals surface area contributed by atoms with Crippen LogP contribution in [-0.2, 0) is 25.3 Å². The van der Waals surface area contributed by atoms with Crippen LogP contribution in [0.3, 0.4) is 0 Å². The molecule has 9 heteroatoms. The zero-order valence-corrected chi connectivity index (χ0v) is 14.3. The van der Waals surface area contributed by atoms with Crippen LogP contribution in [0.25, 0.3) is 0 Å². The van der Waals surface area contributed by atoms with Crippen LogP contribution in [0.2, 0.25) is 0 Å². The number of hydrogen-bond acceptors (Lipinski definition) is 5. The van der Waals surface area contributed by atoms with Gasteiger partial charge in [-0.2, -0.15) is 13.2 Å². The molecule has 0 unspecified atom stereocenters. The molecule has 0 spiro atoms. The standard InChI is InChI=1S/C17H20F3NO5/c1-3-12(22)8-9-13(16(25)26-2)21-15(24)14(23)10-4-6-11(7-5-10)17(18,19)20/h4-7,13-14,23H,3,8-9H2,1-2H3,(H,21,24)/t13-,14+/m0/s1. The van der Waals surface area contributed by atoms with Crippen LogP contribution in [-0.4, -0.2) is 35.9 Å². The van der Waals surface area contributed by atoms with E-state index in [0.29, 0.717) is 0 Å². The molecular weight excluding hydrogens is 355 g/mol. The molecule has 0 radical (unpaired) electrons. The summed E-state index contributed by atoms with van der Waals surface area (Å²) in [6.45, 7) is 1.66. The summed E-state index contributed by atoms with van der Waals surface area (Å²) in [5.41, 5.74) is -0.983. The number of rotatable bonds is 8. The van der Waals surface area contributed by atoms with Crippen molar-refractivity contribution in [3.8, 4) is 0 Å². The maximum Gasteiger partial charge on any atom is 0.416 e. The highest BCUT2D eigenvalue weighted by atomic mass is 19.4. The molecule has 2 N–H and O–H groups in total. The Labute approximate surface area is 148 Å². The summed E-state index contributed by atoms with van der Waals surface area (Å²) in [7, 11) is 1.11. The molecule has 0 aliphatic rings. The normalized spacial score (nSPS) is 13.6. The summed E-state index contributed by atoms with van der Waals surface area (Å²) in [4.78, 5) is 35.2. The third-order valence-corrected chi connectivity index (χ3v) is 3.71. The molecule has 0 aliphatic carbocycles. The van der Waals surface area contributed by atoms with Crippen molar-refractivity contribution in [1.29, 1.82) is 0 Å². The van der Waals surface area contributed by atoms with Gasteiger partial charge in [-0.05, 0) is 24.1 Å². The van der Waals surface area contributed by atoms with Gasteiger partial charge in [0, 0.05) is 12.8 Å². The van der Waals surface area contributed by atoms with E-state index in [1.54, 1.807) is 6.92 Å². The fourth-order valence-electron chi connectivity index (χ4n) is 2.13. The molecule has 6 nitrogen and oxygen atoms in total. The number of hydrogen-bond donors (Lipinski definition) is 2. The van der Waals surface area contributed by atoms with E-state index in [1.807, 2.05) is 0 Å². The lowest BCUT2D eigenvalue weighted by atomic mass is 10.0. The van der Waals surface area contributed by atoms with Gasteiger partial charge in [0.25, 0.3) is 5.91 Å². The lowest BCUT2D eigenvalue weighted by Gasteiger charge is -2.19. The van der Waals surface area contributed by atoms with Crippen LogP contribution in [0.1, 0.15) is 43.4 Å². The summed E-state index contributed by atoms with van der Waals surface area (Å²) in [5, 5.41) is 12.2. The van der Waals surface area contributed by atoms with Gasteiger partial charge < -0.3 is 15.2 Å². The largest absolute Gasteiger partial charge is 0.467 e. The number of ketones is 1. The molecule has 0 fully saturated rings. The van der Waals surface area contributed by atoms with Gasteiger partial charge in [-0.1, -0.05) is 19.1 Å². The Morgan fingerprint density at radius 1 is 1.19 bits per heavy atom. The van der Waals surface area contributed by atoms with Crippen molar-refractivity contribution in [2.24, 2.45) is 0 Å². The Morgan fingerprint density at radius 2 is 1.77 bits per heavy atom. The number of ether oxygens (including phenoxy) is 1. The van der Waals surface area contributed by atoms with Gasteiger partial charge in [0.05, 0.1) is 12.7 Å². The number of Topliss-reactive ketones (excluding diaryl/α,β-unsaturated/α-hetero) is 1. The third-order valence-electron chi connectivity index (χ3n) is 3.71. The van der Waals surface area contributed by atoms with Crippen molar-refractivity contribution in [3.05, 3.63) is 35.4 Å². The molecule has 0 aromatic heterocycles. The van der Waals surface area contributed by atoms with E-state index in [-0.39, 0.29) is 30.6 Å². The molecule has 0 saturated carbocycles. The Balaban J connectivity index is 2.81. The van der Waals surface area contributed by atoms with Crippen LogP contribution in [0.4, 0.5) is 13.2 Å². The number of aliphatic hydroxyl groups is 1. The third kappa shape index (κ3) is 6.14. The molecule has 144 valence electrons. The molecule has 0 aliphatic heterocycles. The number of benzene rings is 1. The molecule has 1 aromatic carbocycles. The molecule has 1 aromatic rings. The molecule has 1 amide bonds. The summed E-state index contributed by atoms with van der Waals surface area (Å²) in [6.07, 6.45) is -6.01. The van der Waals surface area contributed by atoms with E-state index in [9.17, 15) is 32.7 Å². The number of carbonyl (C=O) groups is 3. The highest BCUT2D eigenvalue weighted by Crippen LogP contribution is 2.30. The highest BCUT2D eigenvalue weighted by molar-refractivity contribution is 5.88. The van der Waals surface area contributed by atoms with Crippen LogP contribution in [0, 0.1) is 0 Å². The van der Waals surface area contributed by atoms with Gasteiger partial charge >= 0.3 is 12.1 Å². The summed E-state index contributed by atoms with van der Waals surface area (Å²) in [6, 6.07) is 2.28. The van der Waals surface area contributed by atoms with E-state index >= 15 is 0 Å². The number of alkyl halides is 3. The van der Waals surface area contributed by atoms with E-state index in [4.69, 9.17) is 0 Å². The van der Waals surface area contributed by atoms with Gasteiger partial charge in [0.1, 0.15) is 11.8 Å². The maximum atomic E-state index is 12.5. The van der Waals surface area contributed by atoms with E-state index in [0.717, 1.165) is 31.4 Å². The van der Waals surface area contributed by atoms with Crippen LogP contribution < -0.4 is 5.32 Å². The van der Waals surface area contributed by atoms with Crippen molar-refractivity contribution in [2.75, 3.05) is 7.11 Å². The summed E-state index contributed by atoms with van der Waals surface area (Å²) in [5.74, 6) is -1.89. The molecule has 2 atom stereocenters. The van der Waals surface area contributed by atoms with Crippen molar-refractivity contribution in [1.82, 2.24) is 5.32 Å². The van der Waals surface area contributed by atoms with Crippen molar-refractivity contribution >= 4 is 17.7 Å². The number of halogens is 3. The van der Waals surface area contributed by atoms with Gasteiger partial charge in [-0.25, -0.2) is 4.79 Å². The Hall–Kier alpha value is -2.42. The van der Waals surface area contributed by atoms with Crippen LogP contribution in [0.5, 0.6) is 0 Å². The SMILES string of the molecule is CCC(=O)CC[C@H](NC(=O)[C@H](O)c1ccc(C(F)(F)F)cc1)C(=O)OC. The first-order chi connectivity index (χ1) is 12.1. The topological polar surface area (TPSA) is 92.7 Å². The Bertz CT molecular complexity index is 643. The summed E-state index contributed by atoms with van der Waals surface area (Å²) >= 11 is 0. The van der Waals surface area contributed by atoms with E-state index < -0.39 is 35.8 Å². The lowest BCUT2D eigenvalue weighted by Crippen LogP contribution is -2.44. The van der Waals surface area contributed by atoms with Gasteiger partial charge in [0.15, 0.2) is 6.10 Å². The second kappa shape index (κ2) is 9.33. The fraction of sp³-hybridized carbons (Fsp3) is 0.471. The van der Waals surface area contributed by atoms with Crippen molar-refractivity contribution < 1.29 is 37.4 Å². The number of carbonyl (C=O) groups excluding carboxylic acids is 3. The fourth-order valence-corrected chi connectivity index (χ4v) is 2.13. The molecule has 0 heterocycles. The van der Waals surface area contributed by atoms with Crippen LogP contribution >= 0.6 is 0 Å². The van der Waals surface area contributed by atoms with Crippen molar-refractivity contribution in [3.63, 3.8) is 0 Å². The van der Waals surface area contributed by atoms with Gasteiger partial charge in [-0.3, -0.25) is 9.59 Å². The monoisotopic (exact) mass is 375 g/mol. The zero-order valence-electron chi connectivity index (χ0n) is 14.3. The first kappa shape index (κ1) is 21.6. The maximum absolute atomic E-state index is 12.5.